The molecule has 2 unspecified atom stereocenters. The van der Waals surface area contributed by atoms with Crippen molar-refractivity contribution in [3.8, 4) is 11.5 Å². The molecule has 22 heavy (non-hydrogen) atoms. The van der Waals surface area contributed by atoms with Crippen molar-refractivity contribution in [3.05, 3.63) is 23.3 Å². The Kier molecular flexibility index (Phi) is 7.55. The third-order valence-corrected chi connectivity index (χ3v) is 4.21. The minimum Gasteiger partial charge on any atom is -0.493 e. The molecule has 0 saturated heterocycles. The van der Waals surface area contributed by atoms with Crippen LogP contribution in [0.4, 0.5) is 0 Å². The highest BCUT2D eigenvalue weighted by atomic mass is 32.2. The number of ether oxygens (including phenoxy) is 2. The van der Waals surface area contributed by atoms with Gasteiger partial charge in [0.2, 0.25) is 5.91 Å². The summed E-state index contributed by atoms with van der Waals surface area (Å²) >= 11 is 1.68. The lowest BCUT2D eigenvalue weighted by Crippen LogP contribution is -2.42. The number of thioether (sulfide) groups is 1. The molecule has 0 fully saturated rings. The normalized spacial score (nSPS) is 13.4. The van der Waals surface area contributed by atoms with Crippen LogP contribution in [0.2, 0.25) is 0 Å². The van der Waals surface area contributed by atoms with E-state index in [1.807, 2.05) is 32.2 Å². The lowest BCUT2D eigenvalue weighted by atomic mass is 10.0. The second-order valence-corrected chi connectivity index (χ2v) is 6.17. The molecule has 0 aromatic heterocycles. The van der Waals surface area contributed by atoms with Crippen LogP contribution in [-0.2, 0) is 4.79 Å². The Morgan fingerprint density at radius 3 is 2.45 bits per heavy atom. The van der Waals surface area contributed by atoms with Crippen molar-refractivity contribution in [3.63, 3.8) is 0 Å². The van der Waals surface area contributed by atoms with Gasteiger partial charge in [0.1, 0.15) is 0 Å². The third kappa shape index (κ3) is 4.81. The Hall–Kier alpha value is -1.40. The molecule has 3 N–H and O–H groups in total. The number of methoxy groups -OCH3 is 2. The smallest absolute Gasteiger partial charge is 0.237 e. The zero-order valence-electron chi connectivity index (χ0n) is 13.9. The first-order valence-electron chi connectivity index (χ1n) is 7.22. The first-order valence-corrected chi connectivity index (χ1v) is 8.61. The molecule has 0 heterocycles. The van der Waals surface area contributed by atoms with E-state index in [-0.39, 0.29) is 11.9 Å². The lowest BCUT2D eigenvalue weighted by Gasteiger charge is -2.21. The number of carbonyl (C=O) groups is 1. The van der Waals surface area contributed by atoms with Crippen LogP contribution in [0.3, 0.4) is 0 Å². The summed E-state index contributed by atoms with van der Waals surface area (Å²) in [6, 6.07) is 3.18. The highest BCUT2D eigenvalue weighted by Gasteiger charge is 2.19. The topological polar surface area (TPSA) is 73.6 Å². The van der Waals surface area contributed by atoms with Gasteiger partial charge in [-0.15, -0.1) is 0 Å². The SMILES string of the molecule is COc1cc(C)c(C(C)NC(=O)C(N)CCSC)cc1OC. The van der Waals surface area contributed by atoms with Crippen molar-refractivity contribution in [2.24, 2.45) is 5.73 Å². The maximum absolute atomic E-state index is 12.1. The molecule has 1 aromatic carbocycles. The van der Waals surface area contributed by atoms with Gasteiger partial charge in [-0.3, -0.25) is 4.79 Å². The predicted molar refractivity (Wildman–Crippen MR) is 91.8 cm³/mol. The highest BCUT2D eigenvalue weighted by Crippen LogP contribution is 2.32. The average Bonchev–Trinajstić information content (AvgIpc) is 2.51. The van der Waals surface area contributed by atoms with Crippen molar-refractivity contribution in [1.82, 2.24) is 5.32 Å². The number of rotatable bonds is 8. The minimum atomic E-state index is -0.477. The molecular weight excluding hydrogens is 300 g/mol. The number of carbonyl (C=O) groups excluding carboxylic acids is 1. The summed E-state index contributed by atoms with van der Waals surface area (Å²) < 4.78 is 10.6. The highest BCUT2D eigenvalue weighted by molar-refractivity contribution is 7.98. The molecule has 6 heteroatoms. The third-order valence-electron chi connectivity index (χ3n) is 3.57. The van der Waals surface area contributed by atoms with E-state index in [1.54, 1.807) is 26.0 Å². The Morgan fingerprint density at radius 2 is 1.91 bits per heavy atom. The maximum atomic E-state index is 12.1. The predicted octanol–water partition coefficient (Wildman–Crippen LogP) is 2.27. The fourth-order valence-electron chi connectivity index (χ4n) is 2.24. The fraction of sp³-hybridized carbons (Fsp3) is 0.562. The molecule has 0 radical (unpaired) electrons. The van der Waals surface area contributed by atoms with Crippen LogP contribution < -0.4 is 20.5 Å². The molecule has 0 aliphatic rings. The van der Waals surface area contributed by atoms with Crippen LogP contribution in [0.1, 0.15) is 30.5 Å². The van der Waals surface area contributed by atoms with E-state index in [2.05, 4.69) is 5.32 Å². The van der Waals surface area contributed by atoms with Gasteiger partial charge >= 0.3 is 0 Å². The van der Waals surface area contributed by atoms with E-state index in [4.69, 9.17) is 15.2 Å². The first kappa shape index (κ1) is 18.6. The largest absolute Gasteiger partial charge is 0.493 e. The summed E-state index contributed by atoms with van der Waals surface area (Å²) in [7, 11) is 3.20. The number of amides is 1. The minimum absolute atomic E-state index is 0.129. The van der Waals surface area contributed by atoms with E-state index < -0.39 is 6.04 Å². The summed E-state index contributed by atoms with van der Waals surface area (Å²) in [4.78, 5) is 12.1. The standard InChI is InChI=1S/C16H26N2O3S/c1-10-8-14(20-3)15(21-4)9-12(10)11(2)18-16(19)13(17)6-7-22-5/h8-9,11,13H,6-7,17H2,1-5H3,(H,18,19). The van der Waals surface area contributed by atoms with E-state index in [1.165, 1.54) is 0 Å². The molecular formula is C16H26N2O3S. The molecule has 5 nitrogen and oxygen atoms in total. The second-order valence-electron chi connectivity index (χ2n) is 5.18. The zero-order chi connectivity index (χ0) is 16.7. The Balaban J connectivity index is 2.84. The van der Waals surface area contributed by atoms with Crippen LogP contribution in [0.5, 0.6) is 11.5 Å². The van der Waals surface area contributed by atoms with Gasteiger partial charge in [0.05, 0.1) is 26.3 Å². The number of nitrogens with one attached hydrogen (secondary N) is 1. The van der Waals surface area contributed by atoms with Gasteiger partial charge < -0.3 is 20.5 Å². The van der Waals surface area contributed by atoms with Crippen LogP contribution in [0.15, 0.2) is 12.1 Å². The summed E-state index contributed by atoms with van der Waals surface area (Å²) in [5, 5.41) is 2.96. The van der Waals surface area contributed by atoms with Crippen LogP contribution in [0, 0.1) is 6.92 Å². The summed E-state index contributed by atoms with van der Waals surface area (Å²) in [5.41, 5.74) is 7.92. The van der Waals surface area contributed by atoms with Gasteiger partial charge in [-0.2, -0.15) is 11.8 Å². The van der Waals surface area contributed by atoms with Gasteiger partial charge in [0.25, 0.3) is 0 Å². The average molecular weight is 326 g/mol. The molecule has 0 bridgehead atoms. The summed E-state index contributed by atoms with van der Waals surface area (Å²) in [5.74, 6) is 2.07. The maximum Gasteiger partial charge on any atom is 0.237 e. The number of benzene rings is 1. The molecule has 124 valence electrons. The molecule has 1 amide bonds. The van der Waals surface area contributed by atoms with E-state index in [0.29, 0.717) is 17.9 Å². The Morgan fingerprint density at radius 1 is 1.32 bits per heavy atom. The van der Waals surface area contributed by atoms with E-state index in [0.717, 1.165) is 16.9 Å². The van der Waals surface area contributed by atoms with Gasteiger partial charge in [-0.25, -0.2) is 0 Å². The Bertz CT molecular complexity index is 508. The number of hydrogen-bond donors (Lipinski definition) is 2. The van der Waals surface area contributed by atoms with Crippen molar-refractivity contribution >= 4 is 17.7 Å². The van der Waals surface area contributed by atoms with Crippen molar-refractivity contribution in [2.45, 2.75) is 32.4 Å². The molecule has 1 rings (SSSR count). The van der Waals surface area contributed by atoms with E-state index in [9.17, 15) is 4.79 Å². The molecule has 2 atom stereocenters. The van der Waals surface area contributed by atoms with E-state index >= 15 is 0 Å². The second kappa shape index (κ2) is 8.90. The number of hydrogen-bond acceptors (Lipinski definition) is 5. The van der Waals surface area contributed by atoms with Crippen LogP contribution in [0.25, 0.3) is 0 Å². The number of aryl methyl sites for hydroxylation is 1. The van der Waals surface area contributed by atoms with Gasteiger partial charge in [-0.05, 0) is 55.5 Å². The van der Waals surface area contributed by atoms with Crippen molar-refractivity contribution in [2.75, 3.05) is 26.2 Å². The Labute approximate surface area is 136 Å². The van der Waals surface area contributed by atoms with Crippen LogP contribution in [-0.4, -0.2) is 38.2 Å². The van der Waals surface area contributed by atoms with Crippen LogP contribution >= 0.6 is 11.8 Å². The van der Waals surface area contributed by atoms with Gasteiger partial charge in [0, 0.05) is 0 Å². The van der Waals surface area contributed by atoms with Crippen molar-refractivity contribution < 1.29 is 14.3 Å². The van der Waals surface area contributed by atoms with Crippen molar-refractivity contribution in [1.29, 1.82) is 0 Å². The quantitative estimate of drug-likeness (QED) is 0.766. The van der Waals surface area contributed by atoms with Gasteiger partial charge in [-0.1, -0.05) is 0 Å². The first-order chi connectivity index (χ1) is 10.4. The molecule has 0 spiro atoms. The van der Waals surface area contributed by atoms with Gasteiger partial charge in [0.15, 0.2) is 11.5 Å². The zero-order valence-corrected chi connectivity index (χ0v) is 14.8. The molecule has 0 aliphatic carbocycles. The lowest BCUT2D eigenvalue weighted by molar-refractivity contribution is -0.123. The summed E-state index contributed by atoms with van der Waals surface area (Å²) in [6.07, 6.45) is 2.67. The molecule has 0 aliphatic heterocycles. The molecule has 0 saturated carbocycles. The molecule has 1 aromatic rings. The fourth-order valence-corrected chi connectivity index (χ4v) is 2.73. The number of nitrogens with two attached hydrogens (primary N) is 1. The summed E-state index contributed by atoms with van der Waals surface area (Å²) in [6.45, 7) is 3.92. The monoisotopic (exact) mass is 326 g/mol.